The van der Waals surface area contributed by atoms with Gasteiger partial charge in [-0.25, -0.2) is 4.79 Å². The van der Waals surface area contributed by atoms with Crippen LogP contribution in [-0.2, 0) is 9.59 Å². The molecule has 0 bridgehead atoms. The third-order valence-electron chi connectivity index (χ3n) is 3.07. The molecule has 2 atom stereocenters. The fourth-order valence-corrected chi connectivity index (χ4v) is 1.88. The summed E-state index contributed by atoms with van der Waals surface area (Å²) in [6, 6.07) is -1.21. The second-order valence-corrected chi connectivity index (χ2v) is 5.00. The molecule has 1 amide bonds. The molecule has 0 fully saturated rings. The minimum atomic E-state index is -1.21. The zero-order chi connectivity index (χ0) is 14.7. The fraction of sp³-hybridized carbons (Fsp3) is 0.857. The Labute approximate surface area is 143 Å². The first-order valence-corrected chi connectivity index (χ1v) is 7.19. The number of unbranched alkanes of at least 4 members (excludes halogenated alkanes) is 6. The maximum absolute atomic E-state index is 11.5. The number of carboxylic acids is 1. The molecule has 20 heavy (non-hydrogen) atoms. The van der Waals surface area contributed by atoms with Gasteiger partial charge in [0, 0.05) is 6.42 Å². The second kappa shape index (κ2) is 13.9. The fourth-order valence-electron chi connectivity index (χ4n) is 1.88. The molecule has 0 aliphatic rings. The van der Waals surface area contributed by atoms with Crippen molar-refractivity contribution in [1.82, 2.24) is 5.32 Å². The molecule has 0 spiro atoms. The number of carbonyl (C=O) groups is 2. The van der Waals surface area contributed by atoms with E-state index in [1.54, 1.807) is 0 Å². The predicted molar refractivity (Wildman–Crippen MR) is 81.0 cm³/mol. The van der Waals surface area contributed by atoms with Crippen LogP contribution in [0.4, 0.5) is 0 Å². The Balaban J connectivity index is 0. The molecule has 2 unspecified atom stereocenters. The van der Waals surface area contributed by atoms with E-state index in [0.29, 0.717) is 6.42 Å². The summed E-state index contributed by atoms with van der Waals surface area (Å²) in [4.78, 5) is 22.3. The second-order valence-electron chi connectivity index (χ2n) is 5.00. The SMILES string of the molecule is CCCCCCCCCC(=O)NC(C(=O)O)C(C)O.[NaH]. The number of carboxylic acid groups (broad SMARTS) is 1. The van der Waals surface area contributed by atoms with Crippen molar-refractivity contribution in [2.24, 2.45) is 0 Å². The molecule has 0 rings (SSSR count). The molecular weight excluding hydrogens is 269 g/mol. The normalized spacial score (nSPS) is 13.2. The van der Waals surface area contributed by atoms with Crippen LogP contribution < -0.4 is 5.32 Å². The van der Waals surface area contributed by atoms with Crippen LogP contribution in [0.1, 0.15) is 65.2 Å². The average Bonchev–Trinajstić information content (AvgIpc) is 2.34. The van der Waals surface area contributed by atoms with Crippen molar-refractivity contribution >= 4 is 41.4 Å². The van der Waals surface area contributed by atoms with Crippen molar-refractivity contribution in [3.05, 3.63) is 0 Å². The van der Waals surface area contributed by atoms with E-state index in [9.17, 15) is 14.7 Å². The monoisotopic (exact) mass is 297 g/mol. The number of amides is 1. The molecule has 0 aliphatic carbocycles. The zero-order valence-corrected chi connectivity index (χ0v) is 12.0. The van der Waals surface area contributed by atoms with Gasteiger partial charge in [-0.2, -0.15) is 0 Å². The van der Waals surface area contributed by atoms with E-state index in [0.717, 1.165) is 19.3 Å². The first-order valence-electron chi connectivity index (χ1n) is 7.19. The number of aliphatic carboxylic acids is 1. The summed E-state index contributed by atoms with van der Waals surface area (Å²) in [7, 11) is 0. The number of aliphatic hydroxyl groups is 1. The molecule has 0 aliphatic heterocycles. The maximum atomic E-state index is 11.5. The van der Waals surface area contributed by atoms with Crippen LogP contribution >= 0.6 is 0 Å². The summed E-state index contributed by atoms with van der Waals surface area (Å²) in [5, 5.41) is 20.4. The third-order valence-corrected chi connectivity index (χ3v) is 3.07. The summed E-state index contributed by atoms with van der Waals surface area (Å²) in [5.41, 5.74) is 0. The molecule has 0 saturated heterocycles. The summed E-state index contributed by atoms with van der Waals surface area (Å²) >= 11 is 0. The van der Waals surface area contributed by atoms with E-state index < -0.39 is 18.1 Å². The summed E-state index contributed by atoms with van der Waals surface area (Å²) < 4.78 is 0. The van der Waals surface area contributed by atoms with Crippen LogP contribution in [0.5, 0.6) is 0 Å². The Bertz CT molecular complexity index is 272. The van der Waals surface area contributed by atoms with Crippen LogP contribution in [0.25, 0.3) is 0 Å². The van der Waals surface area contributed by atoms with Gasteiger partial charge in [0.1, 0.15) is 0 Å². The number of aliphatic hydroxyl groups excluding tert-OH is 1. The molecular formula is C14H28NNaO4. The summed E-state index contributed by atoms with van der Waals surface area (Å²) in [6.07, 6.45) is 7.03. The van der Waals surface area contributed by atoms with Gasteiger partial charge in [0.25, 0.3) is 0 Å². The van der Waals surface area contributed by atoms with Crippen LogP contribution in [0.15, 0.2) is 0 Å². The van der Waals surface area contributed by atoms with Crippen molar-refractivity contribution in [3.8, 4) is 0 Å². The Morgan fingerprint density at radius 3 is 2.00 bits per heavy atom. The Kier molecular flexibility index (Phi) is 15.4. The molecule has 114 valence electrons. The van der Waals surface area contributed by atoms with Gasteiger partial charge in [0.05, 0.1) is 6.10 Å². The van der Waals surface area contributed by atoms with Gasteiger partial charge in [-0.1, -0.05) is 45.4 Å². The molecule has 3 N–H and O–H groups in total. The summed E-state index contributed by atoms with van der Waals surface area (Å²) in [6.45, 7) is 3.53. The van der Waals surface area contributed by atoms with E-state index in [1.807, 2.05) is 0 Å². The standard InChI is InChI=1S/C14H27NO4.Na.H/c1-3-4-5-6-7-8-9-10-12(17)15-13(11(2)16)14(18)19;;/h11,13,16H,3-10H2,1-2H3,(H,15,17)(H,18,19);;. The molecule has 0 saturated carbocycles. The topological polar surface area (TPSA) is 86.6 Å². The van der Waals surface area contributed by atoms with Crippen molar-refractivity contribution in [3.63, 3.8) is 0 Å². The number of hydrogen-bond donors (Lipinski definition) is 3. The van der Waals surface area contributed by atoms with Crippen LogP contribution in [0.3, 0.4) is 0 Å². The van der Waals surface area contributed by atoms with E-state index >= 15 is 0 Å². The molecule has 0 aromatic rings. The molecule has 6 heteroatoms. The number of nitrogens with one attached hydrogen (secondary N) is 1. The van der Waals surface area contributed by atoms with Crippen LogP contribution in [0.2, 0.25) is 0 Å². The van der Waals surface area contributed by atoms with Crippen molar-refractivity contribution in [1.29, 1.82) is 0 Å². The van der Waals surface area contributed by atoms with Gasteiger partial charge in [0.15, 0.2) is 6.04 Å². The van der Waals surface area contributed by atoms with Gasteiger partial charge in [0.2, 0.25) is 5.91 Å². The van der Waals surface area contributed by atoms with Crippen molar-refractivity contribution in [2.45, 2.75) is 77.4 Å². The molecule has 0 heterocycles. The minimum absolute atomic E-state index is 0. The third kappa shape index (κ3) is 11.7. The zero-order valence-electron chi connectivity index (χ0n) is 12.0. The van der Waals surface area contributed by atoms with E-state index in [1.165, 1.54) is 32.6 Å². The van der Waals surface area contributed by atoms with E-state index in [4.69, 9.17) is 5.11 Å². The molecule has 0 aromatic heterocycles. The average molecular weight is 297 g/mol. The quantitative estimate of drug-likeness (QED) is 0.398. The van der Waals surface area contributed by atoms with Gasteiger partial charge < -0.3 is 15.5 Å². The van der Waals surface area contributed by atoms with Crippen LogP contribution in [-0.4, -0.2) is 63.8 Å². The molecule has 5 nitrogen and oxygen atoms in total. The Morgan fingerprint density at radius 2 is 1.55 bits per heavy atom. The van der Waals surface area contributed by atoms with Gasteiger partial charge in [-0.05, 0) is 13.3 Å². The molecule has 0 radical (unpaired) electrons. The van der Waals surface area contributed by atoms with Gasteiger partial charge >= 0.3 is 35.5 Å². The number of rotatable bonds is 11. The van der Waals surface area contributed by atoms with Crippen molar-refractivity contribution < 1.29 is 19.8 Å². The van der Waals surface area contributed by atoms with Gasteiger partial charge in [-0.15, -0.1) is 0 Å². The Morgan fingerprint density at radius 1 is 1.05 bits per heavy atom. The first-order chi connectivity index (χ1) is 8.99. The number of carbonyl (C=O) groups excluding carboxylic acids is 1. The van der Waals surface area contributed by atoms with Crippen LogP contribution in [0, 0.1) is 0 Å². The van der Waals surface area contributed by atoms with Gasteiger partial charge in [-0.3, -0.25) is 4.79 Å². The van der Waals surface area contributed by atoms with Crippen molar-refractivity contribution in [2.75, 3.05) is 0 Å². The first kappa shape index (κ1) is 22.2. The Hall–Kier alpha value is -0.100. The summed E-state index contributed by atoms with van der Waals surface area (Å²) in [5.74, 6) is -1.51. The molecule has 0 aromatic carbocycles. The number of hydrogen-bond acceptors (Lipinski definition) is 3. The predicted octanol–water partition coefficient (Wildman–Crippen LogP) is 1.43. The van der Waals surface area contributed by atoms with E-state index in [2.05, 4.69) is 12.2 Å². The van der Waals surface area contributed by atoms with E-state index in [-0.39, 0.29) is 35.5 Å².